The molecule has 1 N–H and O–H groups in total. The number of pyridine rings is 1. The predicted molar refractivity (Wildman–Crippen MR) is 102 cm³/mol. The van der Waals surface area contributed by atoms with Crippen LogP contribution in [-0.4, -0.2) is 30.5 Å². The summed E-state index contributed by atoms with van der Waals surface area (Å²) in [5.74, 6) is 0.314. The summed E-state index contributed by atoms with van der Waals surface area (Å²) in [6.07, 6.45) is 7.07. The summed E-state index contributed by atoms with van der Waals surface area (Å²) in [4.78, 5) is 16.5. The van der Waals surface area contributed by atoms with E-state index in [-0.39, 0.29) is 5.91 Å². The molecular formula is C20H18N6O. The molecule has 4 aromatic rings. The summed E-state index contributed by atoms with van der Waals surface area (Å²) >= 11 is 0. The van der Waals surface area contributed by atoms with Crippen molar-refractivity contribution >= 4 is 11.7 Å². The zero-order chi connectivity index (χ0) is 18.6. The van der Waals surface area contributed by atoms with Crippen LogP contribution in [0.2, 0.25) is 0 Å². The second-order valence-electron chi connectivity index (χ2n) is 6.14. The summed E-state index contributed by atoms with van der Waals surface area (Å²) in [5.41, 5.74) is 3.60. The maximum absolute atomic E-state index is 12.5. The van der Waals surface area contributed by atoms with Crippen LogP contribution in [0, 0.1) is 6.92 Å². The van der Waals surface area contributed by atoms with E-state index in [9.17, 15) is 4.79 Å². The fourth-order valence-electron chi connectivity index (χ4n) is 2.77. The van der Waals surface area contributed by atoms with Crippen LogP contribution >= 0.6 is 0 Å². The molecule has 27 heavy (non-hydrogen) atoms. The highest BCUT2D eigenvalue weighted by atomic mass is 16.1. The Morgan fingerprint density at radius 1 is 1.00 bits per heavy atom. The van der Waals surface area contributed by atoms with E-state index in [2.05, 4.69) is 20.5 Å². The summed E-state index contributed by atoms with van der Waals surface area (Å²) in [7, 11) is 0. The molecule has 0 aliphatic rings. The van der Waals surface area contributed by atoms with Gasteiger partial charge >= 0.3 is 0 Å². The Morgan fingerprint density at radius 3 is 2.48 bits per heavy atom. The number of aryl methyl sites for hydroxylation is 1. The smallest absolute Gasteiger partial charge is 0.256 e. The van der Waals surface area contributed by atoms with Gasteiger partial charge in [0.15, 0.2) is 5.82 Å². The van der Waals surface area contributed by atoms with Crippen LogP contribution in [-0.2, 0) is 6.54 Å². The molecule has 4 rings (SSSR count). The van der Waals surface area contributed by atoms with Crippen LogP contribution in [0.1, 0.15) is 21.6 Å². The molecule has 0 saturated heterocycles. The topological polar surface area (TPSA) is 77.6 Å². The number of hydrogen-bond donors (Lipinski definition) is 1. The van der Waals surface area contributed by atoms with Crippen molar-refractivity contribution in [1.82, 2.24) is 24.5 Å². The lowest BCUT2D eigenvalue weighted by Gasteiger charge is -2.06. The number of amides is 1. The standard InChI is InChI=1S/C20H18N6O/c1-15-6-12-22-26(15)18-4-2-17(3-5-18)20(27)23-19-9-13-25(24-19)14-16-7-10-21-11-8-16/h2-13H,14H2,1H3,(H,23,24,27). The molecule has 0 unspecified atom stereocenters. The Morgan fingerprint density at radius 2 is 1.78 bits per heavy atom. The first-order chi connectivity index (χ1) is 13.2. The van der Waals surface area contributed by atoms with E-state index in [1.165, 1.54) is 0 Å². The van der Waals surface area contributed by atoms with E-state index in [4.69, 9.17) is 0 Å². The van der Waals surface area contributed by atoms with Crippen LogP contribution in [0.3, 0.4) is 0 Å². The second-order valence-corrected chi connectivity index (χ2v) is 6.14. The van der Waals surface area contributed by atoms with Crippen molar-refractivity contribution in [2.45, 2.75) is 13.5 Å². The monoisotopic (exact) mass is 358 g/mol. The SMILES string of the molecule is Cc1ccnn1-c1ccc(C(=O)Nc2ccn(Cc3ccncc3)n2)cc1. The Labute approximate surface area is 156 Å². The lowest BCUT2D eigenvalue weighted by atomic mass is 10.2. The quantitative estimate of drug-likeness (QED) is 0.595. The second kappa shape index (κ2) is 7.25. The van der Waals surface area contributed by atoms with Crippen molar-refractivity contribution in [3.63, 3.8) is 0 Å². The zero-order valence-electron chi connectivity index (χ0n) is 14.8. The first kappa shape index (κ1) is 16.7. The first-order valence-corrected chi connectivity index (χ1v) is 8.54. The molecular weight excluding hydrogens is 340 g/mol. The van der Waals surface area contributed by atoms with E-state index < -0.39 is 0 Å². The molecule has 0 bridgehead atoms. The van der Waals surface area contributed by atoms with Gasteiger partial charge in [0.1, 0.15) is 0 Å². The molecule has 7 heteroatoms. The summed E-state index contributed by atoms with van der Waals surface area (Å²) in [5, 5.41) is 11.5. The van der Waals surface area contributed by atoms with Gasteiger partial charge in [-0.2, -0.15) is 10.2 Å². The number of nitrogens with one attached hydrogen (secondary N) is 1. The van der Waals surface area contributed by atoms with Crippen LogP contribution < -0.4 is 5.32 Å². The Hall–Kier alpha value is -3.74. The minimum Gasteiger partial charge on any atom is -0.305 e. The number of carbonyl (C=O) groups excluding carboxylic acids is 1. The minimum absolute atomic E-state index is 0.201. The molecule has 0 aliphatic heterocycles. The Kier molecular flexibility index (Phi) is 4.49. The number of rotatable bonds is 5. The van der Waals surface area contributed by atoms with Crippen LogP contribution in [0.15, 0.2) is 73.3 Å². The third kappa shape index (κ3) is 3.77. The maximum Gasteiger partial charge on any atom is 0.256 e. The highest BCUT2D eigenvalue weighted by Gasteiger charge is 2.09. The number of benzene rings is 1. The summed E-state index contributed by atoms with van der Waals surface area (Å²) < 4.78 is 3.59. The van der Waals surface area contributed by atoms with Gasteiger partial charge in [-0.05, 0) is 55.0 Å². The number of hydrogen-bond acceptors (Lipinski definition) is 4. The molecule has 7 nitrogen and oxygen atoms in total. The predicted octanol–water partition coefficient (Wildman–Crippen LogP) is 3.07. The number of nitrogens with zero attached hydrogens (tertiary/aromatic N) is 5. The van der Waals surface area contributed by atoms with Gasteiger partial charge in [-0.25, -0.2) is 4.68 Å². The zero-order valence-corrected chi connectivity index (χ0v) is 14.8. The van der Waals surface area contributed by atoms with Crippen molar-refractivity contribution in [1.29, 1.82) is 0 Å². The lowest BCUT2D eigenvalue weighted by Crippen LogP contribution is -2.13. The molecule has 0 radical (unpaired) electrons. The molecule has 0 fully saturated rings. The van der Waals surface area contributed by atoms with E-state index in [0.717, 1.165) is 16.9 Å². The fourth-order valence-corrected chi connectivity index (χ4v) is 2.77. The Balaban J connectivity index is 1.43. The summed E-state index contributed by atoms with van der Waals surface area (Å²) in [6, 6.07) is 14.9. The van der Waals surface area contributed by atoms with Crippen molar-refractivity contribution in [3.8, 4) is 5.69 Å². The maximum atomic E-state index is 12.5. The highest BCUT2D eigenvalue weighted by molar-refractivity contribution is 6.03. The van der Waals surface area contributed by atoms with Crippen molar-refractivity contribution < 1.29 is 4.79 Å². The normalized spacial score (nSPS) is 10.7. The number of carbonyl (C=O) groups is 1. The van der Waals surface area contributed by atoms with E-state index in [1.54, 1.807) is 41.5 Å². The Bertz CT molecular complexity index is 1050. The molecule has 1 aromatic carbocycles. The van der Waals surface area contributed by atoms with Crippen molar-refractivity contribution in [2.24, 2.45) is 0 Å². The molecule has 0 aliphatic carbocycles. The first-order valence-electron chi connectivity index (χ1n) is 8.54. The van der Waals surface area contributed by atoms with Gasteiger partial charge in [0.05, 0.1) is 12.2 Å². The number of aromatic nitrogens is 5. The molecule has 3 aromatic heterocycles. The van der Waals surface area contributed by atoms with E-state index >= 15 is 0 Å². The van der Waals surface area contributed by atoms with Crippen LogP contribution in [0.25, 0.3) is 5.69 Å². The average Bonchev–Trinajstić information content (AvgIpc) is 3.31. The van der Waals surface area contributed by atoms with E-state index in [1.807, 2.05) is 48.1 Å². The average molecular weight is 358 g/mol. The third-order valence-corrected chi connectivity index (χ3v) is 4.18. The van der Waals surface area contributed by atoms with Gasteiger partial charge in [0.25, 0.3) is 5.91 Å². The van der Waals surface area contributed by atoms with Gasteiger partial charge < -0.3 is 5.32 Å². The fraction of sp³-hybridized carbons (Fsp3) is 0.100. The van der Waals surface area contributed by atoms with Gasteiger partial charge in [0.2, 0.25) is 0 Å². The van der Waals surface area contributed by atoms with Gasteiger partial charge in [0, 0.05) is 42.1 Å². The van der Waals surface area contributed by atoms with Crippen molar-refractivity contribution in [2.75, 3.05) is 5.32 Å². The van der Waals surface area contributed by atoms with Gasteiger partial charge in [-0.3, -0.25) is 14.5 Å². The van der Waals surface area contributed by atoms with E-state index in [0.29, 0.717) is 17.9 Å². The molecule has 1 amide bonds. The number of anilines is 1. The highest BCUT2D eigenvalue weighted by Crippen LogP contribution is 2.13. The van der Waals surface area contributed by atoms with Gasteiger partial charge in [-0.15, -0.1) is 0 Å². The lowest BCUT2D eigenvalue weighted by molar-refractivity contribution is 0.102. The molecule has 0 atom stereocenters. The summed E-state index contributed by atoms with van der Waals surface area (Å²) in [6.45, 7) is 2.60. The minimum atomic E-state index is -0.201. The molecule has 0 spiro atoms. The molecule has 134 valence electrons. The van der Waals surface area contributed by atoms with Crippen LogP contribution in [0.5, 0.6) is 0 Å². The van der Waals surface area contributed by atoms with Crippen LogP contribution in [0.4, 0.5) is 5.82 Å². The molecule has 3 heterocycles. The third-order valence-electron chi connectivity index (χ3n) is 4.18. The van der Waals surface area contributed by atoms with Gasteiger partial charge in [-0.1, -0.05) is 0 Å². The largest absolute Gasteiger partial charge is 0.305 e. The van der Waals surface area contributed by atoms with Crippen molar-refractivity contribution in [3.05, 3.63) is 90.1 Å². The molecule has 0 saturated carbocycles.